The van der Waals surface area contributed by atoms with Gasteiger partial charge in [-0.2, -0.15) is 17.0 Å². The summed E-state index contributed by atoms with van der Waals surface area (Å²) in [4.78, 5) is 0. The predicted molar refractivity (Wildman–Crippen MR) is 94.5 cm³/mol. The Bertz CT molecular complexity index is 467. The van der Waals surface area contributed by atoms with Crippen molar-refractivity contribution >= 4 is 10.2 Å². The molecule has 1 saturated heterocycles. The molecule has 3 aliphatic rings. The molecule has 0 amide bonds. The average Bonchev–Trinajstić information content (AvgIpc) is 3.05. The molecule has 0 aromatic rings. The second-order valence-corrected chi connectivity index (χ2v) is 9.90. The Morgan fingerprint density at radius 2 is 1.48 bits per heavy atom. The summed E-state index contributed by atoms with van der Waals surface area (Å²) in [7, 11) is -1.45. The van der Waals surface area contributed by atoms with Gasteiger partial charge in [0.1, 0.15) is 0 Å². The highest BCUT2D eigenvalue weighted by atomic mass is 32.2. The van der Waals surface area contributed by atoms with Crippen molar-refractivity contribution < 1.29 is 8.42 Å². The minimum Gasteiger partial charge on any atom is -0.195 e. The van der Waals surface area contributed by atoms with E-state index in [2.05, 4.69) is 0 Å². The van der Waals surface area contributed by atoms with Crippen LogP contribution in [0.3, 0.4) is 0 Å². The summed E-state index contributed by atoms with van der Waals surface area (Å²) in [5.74, 6) is 0.754. The van der Waals surface area contributed by atoms with Crippen LogP contribution in [0.25, 0.3) is 0 Å². The van der Waals surface area contributed by atoms with Crippen LogP contribution in [0.1, 0.15) is 83.5 Å². The Labute approximate surface area is 142 Å². The summed E-state index contributed by atoms with van der Waals surface area (Å²) >= 11 is 0. The standard InChI is InChI=1S/C18H34N2O2S/c1-19(17-11-6-3-7-12-17)23(21,22)20-14-8-13-18(20)15-16-9-4-2-5-10-16/h16-18H,2-15H2,1H3/t18-/m1/s1. The molecule has 2 aliphatic carbocycles. The molecule has 0 aromatic carbocycles. The molecule has 134 valence electrons. The fourth-order valence-corrected chi connectivity index (χ4v) is 6.80. The van der Waals surface area contributed by atoms with E-state index in [1.807, 2.05) is 11.4 Å². The fraction of sp³-hybridized carbons (Fsp3) is 1.00. The molecule has 2 saturated carbocycles. The maximum atomic E-state index is 13.1. The zero-order chi connectivity index (χ0) is 16.3. The Morgan fingerprint density at radius 3 is 2.13 bits per heavy atom. The van der Waals surface area contributed by atoms with E-state index < -0.39 is 10.2 Å². The van der Waals surface area contributed by atoms with Crippen LogP contribution in [0.5, 0.6) is 0 Å². The van der Waals surface area contributed by atoms with E-state index in [0.717, 1.165) is 44.6 Å². The van der Waals surface area contributed by atoms with Crippen molar-refractivity contribution in [2.75, 3.05) is 13.6 Å². The summed E-state index contributed by atoms with van der Waals surface area (Å²) in [6, 6.07) is 0.485. The molecule has 1 heterocycles. The first-order valence-electron chi connectivity index (χ1n) is 9.84. The maximum Gasteiger partial charge on any atom is 0.282 e. The zero-order valence-electron chi connectivity index (χ0n) is 14.8. The summed E-state index contributed by atoms with van der Waals surface area (Å²) in [6.45, 7) is 0.733. The predicted octanol–water partition coefficient (Wildman–Crippen LogP) is 3.93. The first-order chi connectivity index (χ1) is 11.1. The van der Waals surface area contributed by atoms with Gasteiger partial charge in [0.25, 0.3) is 10.2 Å². The number of hydrogen-bond donors (Lipinski definition) is 0. The molecular weight excluding hydrogens is 308 g/mol. The van der Waals surface area contributed by atoms with Crippen LogP contribution in [-0.2, 0) is 10.2 Å². The van der Waals surface area contributed by atoms with Gasteiger partial charge in [-0.3, -0.25) is 0 Å². The van der Waals surface area contributed by atoms with Crippen molar-refractivity contribution in [2.24, 2.45) is 5.92 Å². The van der Waals surface area contributed by atoms with Gasteiger partial charge in [-0.15, -0.1) is 0 Å². The Balaban J connectivity index is 1.64. The lowest BCUT2D eigenvalue weighted by atomic mass is 9.84. The number of hydrogen-bond acceptors (Lipinski definition) is 2. The van der Waals surface area contributed by atoms with E-state index in [9.17, 15) is 8.42 Å². The van der Waals surface area contributed by atoms with Gasteiger partial charge in [-0.05, 0) is 38.0 Å². The van der Waals surface area contributed by atoms with Crippen LogP contribution in [0.2, 0.25) is 0 Å². The Morgan fingerprint density at radius 1 is 0.870 bits per heavy atom. The monoisotopic (exact) mass is 342 g/mol. The quantitative estimate of drug-likeness (QED) is 0.759. The normalized spacial score (nSPS) is 29.4. The second kappa shape index (κ2) is 7.83. The molecule has 0 radical (unpaired) electrons. The van der Waals surface area contributed by atoms with Crippen molar-refractivity contribution in [3.8, 4) is 0 Å². The molecule has 4 nitrogen and oxygen atoms in total. The topological polar surface area (TPSA) is 40.6 Å². The van der Waals surface area contributed by atoms with Gasteiger partial charge in [-0.1, -0.05) is 51.4 Å². The van der Waals surface area contributed by atoms with Crippen molar-refractivity contribution in [1.29, 1.82) is 0 Å². The van der Waals surface area contributed by atoms with Crippen LogP contribution >= 0.6 is 0 Å². The molecule has 0 unspecified atom stereocenters. The molecule has 3 rings (SSSR count). The summed E-state index contributed by atoms with van der Waals surface area (Å²) in [5.41, 5.74) is 0. The lowest BCUT2D eigenvalue weighted by Gasteiger charge is -2.36. The summed E-state index contributed by atoms with van der Waals surface area (Å²) < 4.78 is 29.8. The maximum absolute atomic E-state index is 13.1. The summed E-state index contributed by atoms with van der Waals surface area (Å²) in [6.07, 6.45) is 15.6. The van der Waals surface area contributed by atoms with Crippen molar-refractivity contribution in [3.05, 3.63) is 0 Å². The Hall–Kier alpha value is -0.130. The van der Waals surface area contributed by atoms with Crippen LogP contribution in [0, 0.1) is 5.92 Å². The SMILES string of the molecule is CN(C1CCCCC1)S(=O)(=O)N1CCC[C@@H]1CC1CCCCC1. The van der Waals surface area contributed by atoms with Gasteiger partial charge in [0.15, 0.2) is 0 Å². The molecule has 1 atom stereocenters. The first kappa shape index (κ1) is 17.7. The van der Waals surface area contributed by atoms with Crippen molar-refractivity contribution in [3.63, 3.8) is 0 Å². The second-order valence-electron chi connectivity index (χ2n) is 7.96. The molecule has 0 aromatic heterocycles. The van der Waals surface area contributed by atoms with Crippen molar-refractivity contribution in [1.82, 2.24) is 8.61 Å². The van der Waals surface area contributed by atoms with Crippen LogP contribution in [0.15, 0.2) is 0 Å². The van der Waals surface area contributed by atoms with E-state index in [1.165, 1.54) is 51.4 Å². The highest BCUT2D eigenvalue weighted by Crippen LogP contribution is 2.34. The molecule has 23 heavy (non-hydrogen) atoms. The number of nitrogens with zero attached hydrogens (tertiary/aromatic N) is 2. The fourth-order valence-electron chi connectivity index (χ4n) is 4.95. The van der Waals surface area contributed by atoms with Crippen molar-refractivity contribution in [2.45, 2.75) is 95.6 Å². The third-order valence-corrected chi connectivity index (χ3v) is 8.50. The third-order valence-electron chi connectivity index (χ3n) is 6.40. The lowest BCUT2D eigenvalue weighted by Crippen LogP contribution is -2.49. The van der Waals surface area contributed by atoms with Gasteiger partial charge in [0.05, 0.1) is 0 Å². The van der Waals surface area contributed by atoms with Crippen LogP contribution in [0.4, 0.5) is 0 Å². The largest absolute Gasteiger partial charge is 0.282 e. The zero-order valence-corrected chi connectivity index (χ0v) is 15.6. The highest BCUT2D eigenvalue weighted by molar-refractivity contribution is 7.86. The van der Waals surface area contributed by atoms with Crippen LogP contribution in [-0.4, -0.2) is 42.7 Å². The minimum absolute atomic E-state index is 0.227. The molecular formula is C18H34N2O2S. The lowest BCUT2D eigenvalue weighted by molar-refractivity contribution is 0.235. The molecule has 0 spiro atoms. The smallest absolute Gasteiger partial charge is 0.195 e. The minimum atomic E-state index is -3.27. The van der Waals surface area contributed by atoms with Gasteiger partial charge >= 0.3 is 0 Å². The van der Waals surface area contributed by atoms with Gasteiger partial charge in [0.2, 0.25) is 0 Å². The molecule has 1 aliphatic heterocycles. The first-order valence-corrected chi connectivity index (χ1v) is 11.2. The van der Waals surface area contributed by atoms with Gasteiger partial charge in [0, 0.05) is 25.7 Å². The molecule has 0 N–H and O–H groups in total. The van der Waals surface area contributed by atoms with E-state index in [1.54, 1.807) is 4.31 Å². The van der Waals surface area contributed by atoms with E-state index >= 15 is 0 Å². The Kier molecular flexibility index (Phi) is 6.02. The van der Waals surface area contributed by atoms with Gasteiger partial charge in [-0.25, -0.2) is 0 Å². The number of rotatable bonds is 5. The molecule has 3 fully saturated rings. The van der Waals surface area contributed by atoms with E-state index in [4.69, 9.17) is 0 Å². The van der Waals surface area contributed by atoms with E-state index in [0.29, 0.717) is 0 Å². The van der Waals surface area contributed by atoms with E-state index in [-0.39, 0.29) is 12.1 Å². The van der Waals surface area contributed by atoms with Crippen LogP contribution < -0.4 is 0 Å². The third kappa shape index (κ3) is 4.10. The summed E-state index contributed by atoms with van der Waals surface area (Å²) in [5, 5.41) is 0. The average molecular weight is 343 g/mol. The highest BCUT2D eigenvalue weighted by Gasteiger charge is 2.40. The molecule has 0 bridgehead atoms. The van der Waals surface area contributed by atoms with Gasteiger partial charge < -0.3 is 0 Å². The molecule has 5 heteroatoms.